The van der Waals surface area contributed by atoms with Crippen LogP contribution in [-0.2, 0) is 16.6 Å². The molecule has 0 bridgehead atoms. The summed E-state index contributed by atoms with van der Waals surface area (Å²) in [7, 11) is -3.62. The molecule has 1 saturated heterocycles. The van der Waals surface area contributed by atoms with Gasteiger partial charge in [-0.2, -0.15) is 4.31 Å². The second kappa shape index (κ2) is 7.61. The van der Waals surface area contributed by atoms with Crippen LogP contribution in [0.1, 0.15) is 32.3 Å². The van der Waals surface area contributed by atoms with E-state index in [-0.39, 0.29) is 24.2 Å². The summed E-state index contributed by atoms with van der Waals surface area (Å²) in [6, 6.07) is 4.59. The molecule has 0 unspecified atom stereocenters. The smallest absolute Gasteiger partial charge is 0.245 e. The maximum Gasteiger partial charge on any atom is 0.245 e. The van der Waals surface area contributed by atoms with E-state index in [1.165, 1.54) is 10.4 Å². The van der Waals surface area contributed by atoms with Crippen molar-refractivity contribution in [2.24, 2.45) is 5.92 Å². The van der Waals surface area contributed by atoms with Crippen molar-refractivity contribution in [2.45, 2.75) is 44.2 Å². The molecule has 23 heavy (non-hydrogen) atoms. The minimum absolute atomic E-state index is 0.0948. The zero-order valence-electron chi connectivity index (χ0n) is 13.7. The first-order valence-electron chi connectivity index (χ1n) is 7.99. The average Bonchev–Trinajstić information content (AvgIpc) is 2.55. The number of hydrogen-bond acceptors (Lipinski definition) is 5. The van der Waals surface area contributed by atoms with Crippen molar-refractivity contribution in [3.8, 4) is 0 Å². The number of piperidine rings is 1. The van der Waals surface area contributed by atoms with Crippen molar-refractivity contribution in [1.82, 2.24) is 4.31 Å². The normalized spacial score (nSPS) is 18.8. The van der Waals surface area contributed by atoms with Crippen LogP contribution in [-0.4, -0.2) is 48.7 Å². The molecule has 1 aromatic carbocycles. The molecule has 6 nitrogen and oxygen atoms in total. The fourth-order valence-electron chi connectivity index (χ4n) is 2.67. The van der Waals surface area contributed by atoms with E-state index in [0.717, 1.165) is 12.8 Å². The van der Waals surface area contributed by atoms with E-state index in [1.54, 1.807) is 19.1 Å². The van der Waals surface area contributed by atoms with Gasteiger partial charge in [-0.05, 0) is 43.4 Å². The summed E-state index contributed by atoms with van der Waals surface area (Å²) in [5, 5.41) is 21.6. The van der Waals surface area contributed by atoms with Crippen LogP contribution >= 0.6 is 0 Å². The lowest BCUT2D eigenvalue weighted by atomic mass is 10.0. The molecule has 1 heterocycles. The van der Waals surface area contributed by atoms with E-state index in [4.69, 9.17) is 0 Å². The quantitative estimate of drug-likeness (QED) is 0.727. The highest BCUT2D eigenvalue weighted by molar-refractivity contribution is 7.89. The first kappa shape index (κ1) is 18.2. The van der Waals surface area contributed by atoms with E-state index >= 15 is 0 Å². The van der Waals surface area contributed by atoms with Crippen LogP contribution in [0.5, 0.6) is 0 Å². The van der Waals surface area contributed by atoms with Crippen molar-refractivity contribution >= 4 is 15.7 Å². The van der Waals surface area contributed by atoms with Gasteiger partial charge in [0.2, 0.25) is 10.0 Å². The van der Waals surface area contributed by atoms with E-state index < -0.39 is 10.0 Å². The number of anilines is 1. The van der Waals surface area contributed by atoms with E-state index in [2.05, 4.69) is 12.2 Å². The van der Waals surface area contributed by atoms with Gasteiger partial charge in [0.1, 0.15) is 4.90 Å². The number of hydrogen-bond donors (Lipinski definition) is 3. The van der Waals surface area contributed by atoms with Crippen LogP contribution in [0.3, 0.4) is 0 Å². The Bertz CT molecular complexity index is 625. The van der Waals surface area contributed by atoms with Gasteiger partial charge in [-0.15, -0.1) is 0 Å². The zero-order valence-corrected chi connectivity index (χ0v) is 14.5. The lowest BCUT2D eigenvalue weighted by Gasteiger charge is -2.30. The molecule has 2 rings (SSSR count). The highest BCUT2D eigenvalue weighted by atomic mass is 32.2. The van der Waals surface area contributed by atoms with Crippen molar-refractivity contribution < 1.29 is 18.6 Å². The number of sulfonamides is 1. The third-order valence-corrected chi connectivity index (χ3v) is 6.20. The van der Waals surface area contributed by atoms with Crippen molar-refractivity contribution in [3.63, 3.8) is 0 Å². The topological polar surface area (TPSA) is 89.9 Å². The molecule has 0 saturated carbocycles. The second-order valence-corrected chi connectivity index (χ2v) is 8.21. The zero-order chi connectivity index (χ0) is 17.0. The van der Waals surface area contributed by atoms with Gasteiger partial charge in [0.15, 0.2) is 0 Å². The van der Waals surface area contributed by atoms with Crippen molar-refractivity contribution in [1.29, 1.82) is 0 Å². The predicted octanol–water partition coefficient (Wildman–Crippen LogP) is 1.39. The fraction of sp³-hybridized carbons (Fsp3) is 0.625. The number of nitrogens with zero attached hydrogens (tertiary/aromatic N) is 1. The minimum atomic E-state index is -3.62. The van der Waals surface area contributed by atoms with Gasteiger partial charge in [-0.25, -0.2) is 8.42 Å². The Morgan fingerprint density at radius 3 is 2.52 bits per heavy atom. The molecule has 3 N–H and O–H groups in total. The van der Waals surface area contributed by atoms with Crippen LogP contribution in [0.15, 0.2) is 23.1 Å². The van der Waals surface area contributed by atoms with Gasteiger partial charge in [-0.1, -0.05) is 13.0 Å². The number of nitrogens with one attached hydrogen (secondary N) is 1. The molecular formula is C16H26N2O4S. The van der Waals surface area contributed by atoms with Gasteiger partial charge >= 0.3 is 0 Å². The number of aliphatic hydroxyl groups is 2. The maximum atomic E-state index is 13.0. The standard InChI is InChI=1S/C16H26N2O4S/c1-12-5-7-18(8-6-12)23(21,22)16-9-14(11-20)3-4-15(16)17-13(2)10-19/h3-4,9,12-13,17,19-20H,5-8,10-11H2,1-2H3/t13-/m0/s1. The molecule has 1 aliphatic rings. The summed E-state index contributed by atoms with van der Waals surface area (Å²) in [4.78, 5) is 0.166. The summed E-state index contributed by atoms with van der Waals surface area (Å²) in [6.45, 7) is 4.63. The molecule has 7 heteroatoms. The van der Waals surface area contributed by atoms with E-state index in [1.807, 2.05) is 0 Å². The summed E-state index contributed by atoms with van der Waals surface area (Å²) in [5.41, 5.74) is 1.01. The summed E-state index contributed by atoms with van der Waals surface area (Å²) < 4.78 is 27.5. The molecular weight excluding hydrogens is 316 g/mol. The van der Waals surface area contributed by atoms with Gasteiger partial charge < -0.3 is 15.5 Å². The van der Waals surface area contributed by atoms with Crippen molar-refractivity contribution in [3.05, 3.63) is 23.8 Å². The van der Waals surface area contributed by atoms with Gasteiger partial charge in [-0.3, -0.25) is 0 Å². The molecule has 130 valence electrons. The highest BCUT2D eigenvalue weighted by Crippen LogP contribution is 2.29. The third-order valence-electron chi connectivity index (χ3n) is 4.26. The number of rotatable bonds is 6. The SMILES string of the molecule is CC1CCN(S(=O)(=O)c2cc(CO)ccc2N[C@@H](C)CO)CC1. The van der Waals surface area contributed by atoms with E-state index in [0.29, 0.717) is 30.3 Å². The number of benzene rings is 1. The molecule has 0 spiro atoms. The van der Waals surface area contributed by atoms with Crippen LogP contribution < -0.4 is 5.32 Å². The number of aliphatic hydroxyl groups excluding tert-OH is 2. The van der Waals surface area contributed by atoms with Gasteiger partial charge in [0.05, 0.1) is 18.9 Å². The molecule has 0 amide bonds. The van der Waals surface area contributed by atoms with Crippen LogP contribution in [0.4, 0.5) is 5.69 Å². The van der Waals surface area contributed by atoms with Crippen LogP contribution in [0, 0.1) is 5.92 Å². The summed E-state index contributed by atoms with van der Waals surface area (Å²) in [6.07, 6.45) is 1.71. The van der Waals surface area contributed by atoms with Crippen LogP contribution in [0.25, 0.3) is 0 Å². The monoisotopic (exact) mass is 342 g/mol. The Morgan fingerprint density at radius 2 is 1.96 bits per heavy atom. The van der Waals surface area contributed by atoms with Crippen molar-refractivity contribution in [2.75, 3.05) is 25.0 Å². The second-order valence-electron chi connectivity index (χ2n) is 6.30. The largest absolute Gasteiger partial charge is 0.394 e. The summed E-state index contributed by atoms with van der Waals surface area (Å²) in [5.74, 6) is 0.539. The Labute approximate surface area is 138 Å². The first-order valence-corrected chi connectivity index (χ1v) is 9.43. The molecule has 0 radical (unpaired) electrons. The molecule has 1 fully saturated rings. The lowest BCUT2D eigenvalue weighted by molar-refractivity contribution is 0.279. The first-order chi connectivity index (χ1) is 10.9. The molecule has 1 aliphatic heterocycles. The predicted molar refractivity (Wildman–Crippen MR) is 89.7 cm³/mol. The fourth-order valence-corrected chi connectivity index (χ4v) is 4.35. The van der Waals surface area contributed by atoms with Gasteiger partial charge in [0, 0.05) is 19.1 Å². The molecule has 0 aromatic heterocycles. The Kier molecular flexibility index (Phi) is 6.02. The molecule has 1 aromatic rings. The Hall–Kier alpha value is -1.15. The van der Waals surface area contributed by atoms with Crippen LogP contribution in [0.2, 0.25) is 0 Å². The average molecular weight is 342 g/mol. The molecule has 0 aliphatic carbocycles. The molecule has 1 atom stereocenters. The lowest BCUT2D eigenvalue weighted by Crippen LogP contribution is -2.38. The third kappa shape index (κ3) is 4.23. The Balaban J connectivity index is 2.38. The van der Waals surface area contributed by atoms with Gasteiger partial charge in [0.25, 0.3) is 0 Å². The maximum absolute atomic E-state index is 13.0. The van der Waals surface area contributed by atoms with E-state index in [9.17, 15) is 18.6 Å². The minimum Gasteiger partial charge on any atom is -0.394 e. The summed E-state index contributed by atoms with van der Waals surface area (Å²) >= 11 is 0. The highest BCUT2D eigenvalue weighted by Gasteiger charge is 2.30. The Morgan fingerprint density at radius 1 is 1.30 bits per heavy atom.